The number of ether oxygens (including phenoxy) is 1. The second kappa shape index (κ2) is 6.08. The first-order valence-electron chi connectivity index (χ1n) is 7.37. The normalized spacial score (nSPS) is 17.1. The fourth-order valence-corrected chi connectivity index (χ4v) is 2.99. The maximum absolute atomic E-state index is 12.6. The zero-order chi connectivity index (χ0) is 14.7. The number of aromatic nitrogens is 1. The molecule has 0 bridgehead atoms. The van der Waals surface area contributed by atoms with Gasteiger partial charge in [-0.2, -0.15) is 0 Å². The first-order valence-corrected chi connectivity index (χ1v) is 7.37. The van der Waals surface area contributed by atoms with Crippen LogP contribution in [0.5, 0.6) is 5.75 Å². The number of hydrogen-bond acceptors (Lipinski definition) is 3. The summed E-state index contributed by atoms with van der Waals surface area (Å²) >= 11 is 0. The van der Waals surface area contributed by atoms with Crippen LogP contribution in [-0.4, -0.2) is 17.9 Å². The molecule has 1 unspecified atom stereocenters. The van der Waals surface area contributed by atoms with Crippen molar-refractivity contribution in [2.75, 3.05) is 7.11 Å². The molecule has 3 nitrogen and oxygen atoms in total. The molecule has 1 aromatic carbocycles. The summed E-state index contributed by atoms with van der Waals surface area (Å²) in [4.78, 5) is 17.1. The van der Waals surface area contributed by atoms with Crippen molar-refractivity contribution in [1.29, 1.82) is 0 Å². The SMILES string of the molecule is COc1ccc(CC(=O)C2CCCc3cccnc32)cc1. The van der Waals surface area contributed by atoms with Crippen LogP contribution in [0.4, 0.5) is 0 Å². The third-order valence-electron chi connectivity index (χ3n) is 4.12. The van der Waals surface area contributed by atoms with E-state index in [2.05, 4.69) is 11.1 Å². The van der Waals surface area contributed by atoms with Gasteiger partial charge in [0.2, 0.25) is 0 Å². The molecule has 0 N–H and O–H groups in total. The lowest BCUT2D eigenvalue weighted by molar-refractivity contribution is -0.120. The number of carbonyl (C=O) groups excluding carboxylic acids is 1. The number of pyridine rings is 1. The van der Waals surface area contributed by atoms with Gasteiger partial charge >= 0.3 is 0 Å². The van der Waals surface area contributed by atoms with Gasteiger partial charge in [-0.3, -0.25) is 9.78 Å². The minimum absolute atomic E-state index is 0.0444. The van der Waals surface area contributed by atoms with Crippen molar-refractivity contribution in [2.45, 2.75) is 31.6 Å². The van der Waals surface area contributed by atoms with Gasteiger partial charge in [-0.15, -0.1) is 0 Å². The molecule has 3 rings (SSSR count). The van der Waals surface area contributed by atoms with Crippen LogP contribution in [0.25, 0.3) is 0 Å². The van der Waals surface area contributed by atoms with Gasteiger partial charge in [-0.05, 0) is 48.6 Å². The predicted octanol–water partition coefficient (Wildman–Crippen LogP) is 3.32. The number of ketones is 1. The van der Waals surface area contributed by atoms with E-state index in [9.17, 15) is 4.79 Å². The largest absolute Gasteiger partial charge is 0.497 e. The summed E-state index contributed by atoms with van der Waals surface area (Å²) in [6, 6.07) is 11.8. The van der Waals surface area contributed by atoms with Gasteiger partial charge in [0.15, 0.2) is 0 Å². The molecule has 0 amide bonds. The number of fused-ring (bicyclic) bond motifs is 1. The van der Waals surface area contributed by atoms with Crippen LogP contribution < -0.4 is 4.74 Å². The van der Waals surface area contributed by atoms with E-state index in [1.807, 2.05) is 30.3 Å². The lowest BCUT2D eigenvalue weighted by Crippen LogP contribution is -2.21. The standard InChI is InChI=1S/C18H19NO2/c1-21-15-9-7-13(8-10-15)12-17(20)16-6-2-4-14-5-3-11-19-18(14)16/h3,5,7-11,16H,2,4,6,12H2,1H3. The lowest BCUT2D eigenvalue weighted by Gasteiger charge is -2.23. The predicted molar refractivity (Wildman–Crippen MR) is 81.6 cm³/mol. The highest BCUT2D eigenvalue weighted by Crippen LogP contribution is 2.31. The van der Waals surface area contributed by atoms with E-state index in [-0.39, 0.29) is 11.7 Å². The van der Waals surface area contributed by atoms with Crippen LogP contribution >= 0.6 is 0 Å². The number of aryl methyl sites for hydroxylation is 1. The number of Topliss-reactive ketones (excluding diaryl/α,β-unsaturated/α-hetero) is 1. The molecule has 0 radical (unpaired) electrons. The molecule has 3 heteroatoms. The average Bonchev–Trinajstić information content (AvgIpc) is 2.55. The Morgan fingerprint density at radius 1 is 1.29 bits per heavy atom. The minimum Gasteiger partial charge on any atom is -0.497 e. The molecule has 1 aliphatic rings. The number of rotatable bonds is 4. The van der Waals surface area contributed by atoms with Crippen molar-refractivity contribution in [2.24, 2.45) is 0 Å². The molecule has 0 fully saturated rings. The van der Waals surface area contributed by atoms with E-state index in [1.54, 1.807) is 13.3 Å². The zero-order valence-electron chi connectivity index (χ0n) is 12.2. The van der Waals surface area contributed by atoms with Crippen LogP contribution in [0.1, 0.15) is 35.6 Å². The molecule has 0 saturated carbocycles. The van der Waals surface area contributed by atoms with Crippen LogP contribution in [0.15, 0.2) is 42.6 Å². The summed E-state index contributed by atoms with van der Waals surface area (Å²) in [7, 11) is 1.64. The van der Waals surface area contributed by atoms with Gasteiger partial charge in [0.1, 0.15) is 11.5 Å². The van der Waals surface area contributed by atoms with Crippen LogP contribution in [0.2, 0.25) is 0 Å². The minimum atomic E-state index is -0.0444. The Morgan fingerprint density at radius 3 is 2.86 bits per heavy atom. The van der Waals surface area contributed by atoms with Crippen molar-refractivity contribution < 1.29 is 9.53 Å². The van der Waals surface area contributed by atoms with Crippen molar-refractivity contribution in [3.8, 4) is 5.75 Å². The van der Waals surface area contributed by atoms with E-state index >= 15 is 0 Å². The number of nitrogens with zero attached hydrogens (tertiary/aromatic N) is 1. The molecule has 0 spiro atoms. The third kappa shape index (κ3) is 2.97. The molecule has 1 atom stereocenters. The maximum atomic E-state index is 12.6. The van der Waals surface area contributed by atoms with E-state index in [0.29, 0.717) is 6.42 Å². The quantitative estimate of drug-likeness (QED) is 0.863. The van der Waals surface area contributed by atoms with Gasteiger partial charge < -0.3 is 4.74 Å². The van der Waals surface area contributed by atoms with E-state index in [1.165, 1.54) is 5.56 Å². The number of hydrogen-bond donors (Lipinski definition) is 0. The summed E-state index contributed by atoms with van der Waals surface area (Å²) in [6.45, 7) is 0. The molecule has 21 heavy (non-hydrogen) atoms. The highest BCUT2D eigenvalue weighted by molar-refractivity contribution is 5.87. The molecular weight excluding hydrogens is 262 g/mol. The molecule has 1 heterocycles. The zero-order valence-corrected chi connectivity index (χ0v) is 12.2. The maximum Gasteiger partial charge on any atom is 0.146 e. The van der Waals surface area contributed by atoms with Crippen LogP contribution in [-0.2, 0) is 17.6 Å². The Morgan fingerprint density at radius 2 is 2.10 bits per heavy atom. The summed E-state index contributed by atoms with van der Waals surface area (Å²) in [5, 5.41) is 0. The van der Waals surface area contributed by atoms with Crippen molar-refractivity contribution in [1.82, 2.24) is 4.98 Å². The summed E-state index contributed by atoms with van der Waals surface area (Å²) in [5.41, 5.74) is 3.25. The van der Waals surface area contributed by atoms with Gasteiger partial charge in [-0.1, -0.05) is 18.2 Å². The molecule has 0 aliphatic heterocycles. The highest BCUT2D eigenvalue weighted by Gasteiger charge is 2.27. The topological polar surface area (TPSA) is 39.2 Å². The second-order valence-electron chi connectivity index (χ2n) is 5.48. The van der Waals surface area contributed by atoms with E-state index < -0.39 is 0 Å². The molecule has 1 aliphatic carbocycles. The molecular formula is C18H19NO2. The third-order valence-corrected chi connectivity index (χ3v) is 4.12. The fourth-order valence-electron chi connectivity index (χ4n) is 2.99. The van der Waals surface area contributed by atoms with Gasteiger partial charge in [0.05, 0.1) is 18.7 Å². The smallest absolute Gasteiger partial charge is 0.146 e. The van der Waals surface area contributed by atoms with Gasteiger partial charge in [-0.25, -0.2) is 0 Å². The molecule has 2 aromatic rings. The first-order chi connectivity index (χ1) is 10.3. The molecule has 0 saturated heterocycles. The van der Waals surface area contributed by atoms with E-state index in [0.717, 1.165) is 36.3 Å². The fraction of sp³-hybridized carbons (Fsp3) is 0.333. The number of methoxy groups -OCH3 is 1. The Hall–Kier alpha value is -2.16. The second-order valence-corrected chi connectivity index (χ2v) is 5.48. The Labute approximate surface area is 125 Å². The Kier molecular flexibility index (Phi) is 4.00. The monoisotopic (exact) mass is 281 g/mol. The first kappa shape index (κ1) is 13.8. The van der Waals surface area contributed by atoms with Crippen LogP contribution in [0.3, 0.4) is 0 Å². The average molecular weight is 281 g/mol. The summed E-state index contributed by atoms with van der Waals surface area (Å²) < 4.78 is 5.14. The Bertz CT molecular complexity index is 634. The van der Waals surface area contributed by atoms with Crippen molar-refractivity contribution in [3.05, 3.63) is 59.4 Å². The highest BCUT2D eigenvalue weighted by atomic mass is 16.5. The molecule has 1 aromatic heterocycles. The van der Waals surface area contributed by atoms with Gasteiger partial charge in [0, 0.05) is 12.6 Å². The van der Waals surface area contributed by atoms with Crippen molar-refractivity contribution in [3.63, 3.8) is 0 Å². The number of carbonyl (C=O) groups is 1. The Balaban J connectivity index is 1.76. The number of benzene rings is 1. The summed E-state index contributed by atoms with van der Waals surface area (Å²) in [5.74, 6) is 1.03. The van der Waals surface area contributed by atoms with E-state index in [4.69, 9.17) is 4.74 Å². The summed E-state index contributed by atoms with van der Waals surface area (Å²) in [6.07, 6.45) is 5.27. The van der Waals surface area contributed by atoms with Gasteiger partial charge in [0.25, 0.3) is 0 Å². The van der Waals surface area contributed by atoms with Crippen LogP contribution in [0, 0.1) is 0 Å². The van der Waals surface area contributed by atoms with Crippen molar-refractivity contribution >= 4 is 5.78 Å². The molecule has 108 valence electrons. The lowest BCUT2D eigenvalue weighted by atomic mass is 9.82.